The van der Waals surface area contributed by atoms with Crippen molar-refractivity contribution in [3.8, 4) is 11.5 Å². The van der Waals surface area contributed by atoms with E-state index in [-0.39, 0.29) is 18.2 Å². The first-order chi connectivity index (χ1) is 11.9. The van der Waals surface area contributed by atoms with Crippen LogP contribution in [-0.2, 0) is 22.3 Å². The molecule has 0 aliphatic heterocycles. The Morgan fingerprint density at radius 3 is 2.48 bits per heavy atom. The summed E-state index contributed by atoms with van der Waals surface area (Å²) >= 11 is 0. The molecule has 0 spiro atoms. The molecular weight excluding hydrogens is 338 g/mol. The highest BCUT2D eigenvalue weighted by Crippen LogP contribution is 2.18. The fourth-order valence-corrected chi connectivity index (χ4v) is 3.45. The number of nitrogens with zero attached hydrogens (tertiary/aromatic N) is 2. The standard InChI is InChI=1S/C18H19N3O3S/c1-13-6-8-16(9-7-13)18-21-20-17(24-18)11-19-25(22,23)12-15-5-3-4-14(2)10-15/h3-10,19H,11-12H2,1-2H3. The average molecular weight is 357 g/mol. The molecule has 0 saturated carbocycles. The molecule has 0 bridgehead atoms. The van der Waals surface area contributed by atoms with Crippen molar-refractivity contribution in [1.82, 2.24) is 14.9 Å². The highest BCUT2D eigenvalue weighted by Gasteiger charge is 2.14. The SMILES string of the molecule is Cc1ccc(-c2nnc(CNS(=O)(=O)Cc3cccc(C)c3)o2)cc1. The van der Waals surface area contributed by atoms with E-state index in [2.05, 4.69) is 14.9 Å². The van der Waals surface area contributed by atoms with Crippen LogP contribution < -0.4 is 4.72 Å². The fourth-order valence-electron chi connectivity index (χ4n) is 2.38. The summed E-state index contributed by atoms with van der Waals surface area (Å²) in [6.07, 6.45) is 0. The first kappa shape index (κ1) is 17.3. The van der Waals surface area contributed by atoms with Gasteiger partial charge in [0.05, 0.1) is 12.3 Å². The molecule has 0 unspecified atom stereocenters. The minimum atomic E-state index is -3.49. The average Bonchev–Trinajstić information content (AvgIpc) is 3.02. The molecule has 1 N–H and O–H groups in total. The lowest BCUT2D eigenvalue weighted by Crippen LogP contribution is -2.24. The molecule has 0 radical (unpaired) electrons. The van der Waals surface area contributed by atoms with Crippen LogP contribution in [-0.4, -0.2) is 18.6 Å². The lowest BCUT2D eigenvalue weighted by molar-refractivity contribution is 0.494. The molecule has 7 heteroatoms. The Morgan fingerprint density at radius 2 is 1.76 bits per heavy atom. The Bertz CT molecular complexity index is 963. The van der Waals surface area contributed by atoms with E-state index in [0.29, 0.717) is 5.89 Å². The van der Waals surface area contributed by atoms with Crippen molar-refractivity contribution in [1.29, 1.82) is 0 Å². The molecule has 0 aliphatic rings. The van der Waals surface area contributed by atoms with E-state index < -0.39 is 10.0 Å². The van der Waals surface area contributed by atoms with Crippen molar-refractivity contribution >= 4 is 10.0 Å². The molecule has 3 aromatic rings. The van der Waals surface area contributed by atoms with Crippen LogP contribution in [0.5, 0.6) is 0 Å². The van der Waals surface area contributed by atoms with Crippen molar-refractivity contribution in [3.63, 3.8) is 0 Å². The highest BCUT2D eigenvalue weighted by atomic mass is 32.2. The van der Waals surface area contributed by atoms with Crippen molar-refractivity contribution < 1.29 is 12.8 Å². The van der Waals surface area contributed by atoms with Crippen LogP contribution >= 0.6 is 0 Å². The molecule has 0 amide bonds. The number of aromatic nitrogens is 2. The van der Waals surface area contributed by atoms with Crippen LogP contribution in [0.25, 0.3) is 11.5 Å². The Labute approximate surface area is 147 Å². The van der Waals surface area contributed by atoms with E-state index in [1.54, 1.807) is 6.07 Å². The molecule has 6 nitrogen and oxygen atoms in total. The van der Waals surface area contributed by atoms with Crippen LogP contribution in [0.2, 0.25) is 0 Å². The van der Waals surface area contributed by atoms with E-state index in [0.717, 1.165) is 22.3 Å². The third kappa shape index (κ3) is 4.74. The number of hydrogen-bond acceptors (Lipinski definition) is 5. The molecule has 2 aromatic carbocycles. The number of benzene rings is 2. The zero-order valence-corrected chi connectivity index (χ0v) is 14.9. The normalized spacial score (nSPS) is 11.6. The minimum absolute atomic E-state index is 0.0347. The summed E-state index contributed by atoms with van der Waals surface area (Å²) in [6.45, 7) is 3.88. The van der Waals surface area contributed by atoms with Crippen molar-refractivity contribution in [2.24, 2.45) is 0 Å². The molecule has 130 valence electrons. The van der Waals surface area contributed by atoms with E-state index in [1.807, 2.05) is 56.3 Å². The molecule has 0 fully saturated rings. The Morgan fingerprint density at radius 1 is 1.00 bits per heavy atom. The first-order valence-corrected chi connectivity index (χ1v) is 9.49. The van der Waals surface area contributed by atoms with Gasteiger partial charge in [0.1, 0.15) is 0 Å². The second kappa shape index (κ2) is 7.16. The predicted octanol–water partition coefficient (Wildman–Crippen LogP) is 2.97. The number of aryl methyl sites for hydroxylation is 2. The van der Waals surface area contributed by atoms with E-state index >= 15 is 0 Å². The molecule has 0 atom stereocenters. The Balaban J connectivity index is 1.64. The van der Waals surface area contributed by atoms with E-state index in [9.17, 15) is 8.42 Å². The summed E-state index contributed by atoms with van der Waals surface area (Å²) in [5.74, 6) is 0.504. The van der Waals surface area contributed by atoms with Crippen molar-refractivity contribution in [2.45, 2.75) is 26.1 Å². The van der Waals surface area contributed by atoms with Gasteiger partial charge < -0.3 is 4.42 Å². The quantitative estimate of drug-likeness (QED) is 0.733. The first-order valence-electron chi connectivity index (χ1n) is 7.83. The second-order valence-electron chi connectivity index (χ2n) is 5.94. The zero-order chi connectivity index (χ0) is 17.9. The molecule has 1 aromatic heterocycles. The van der Waals surface area contributed by atoms with Gasteiger partial charge in [-0.2, -0.15) is 0 Å². The summed E-state index contributed by atoms with van der Waals surface area (Å²) in [4.78, 5) is 0. The van der Waals surface area contributed by atoms with Crippen LogP contribution in [0.4, 0.5) is 0 Å². The summed E-state index contributed by atoms with van der Waals surface area (Å²) in [6, 6.07) is 15.1. The van der Waals surface area contributed by atoms with Gasteiger partial charge in [-0.1, -0.05) is 47.5 Å². The van der Waals surface area contributed by atoms with Crippen LogP contribution in [0.3, 0.4) is 0 Å². The van der Waals surface area contributed by atoms with Gasteiger partial charge in [0, 0.05) is 5.56 Å². The summed E-state index contributed by atoms with van der Waals surface area (Å²) in [5, 5.41) is 7.86. The predicted molar refractivity (Wildman–Crippen MR) is 95.1 cm³/mol. The van der Waals surface area contributed by atoms with Crippen LogP contribution in [0.15, 0.2) is 52.9 Å². The zero-order valence-electron chi connectivity index (χ0n) is 14.1. The molecule has 1 heterocycles. The third-order valence-corrected chi connectivity index (χ3v) is 4.95. The van der Waals surface area contributed by atoms with Crippen molar-refractivity contribution in [2.75, 3.05) is 0 Å². The summed E-state index contributed by atoms with van der Waals surface area (Å²) in [5.41, 5.74) is 3.69. The Kier molecular flexibility index (Phi) is 4.96. The maximum Gasteiger partial charge on any atom is 0.247 e. The van der Waals surface area contributed by atoms with Gasteiger partial charge in [-0.3, -0.25) is 0 Å². The summed E-state index contributed by atoms with van der Waals surface area (Å²) in [7, 11) is -3.49. The van der Waals surface area contributed by atoms with Gasteiger partial charge in [0.2, 0.25) is 21.8 Å². The second-order valence-corrected chi connectivity index (χ2v) is 7.74. The van der Waals surface area contributed by atoms with Crippen molar-refractivity contribution in [3.05, 3.63) is 71.1 Å². The van der Waals surface area contributed by atoms with Gasteiger partial charge >= 0.3 is 0 Å². The summed E-state index contributed by atoms with van der Waals surface area (Å²) < 4.78 is 32.4. The monoisotopic (exact) mass is 357 g/mol. The molecular formula is C18H19N3O3S. The smallest absolute Gasteiger partial charge is 0.247 e. The lowest BCUT2D eigenvalue weighted by Gasteiger charge is -2.05. The van der Waals surface area contributed by atoms with Gasteiger partial charge in [0.25, 0.3) is 0 Å². The van der Waals surface area contributed by atoms with Crippen LogP contribution in [0.1, 0.15) is 22.6 Å². The van der Waals surface area contributed by atoms with Gasteiger partial charge in [-0.15, -0.1) is 10.2 Å². The van der Waals surface area contributed by atoms with Gasteiger partial charge in [-0.05, 0) is 31.5 Å². The van der Waals surface area contributed by atoms with Gasteiger partial charge in [0.15, 0.2) is 0 Å². The van der Waals surface area contributed by atoms with Crippen LogP contribution in [0, 0.1) is 13.8 Å². The topological polar surface area (TPSA) is 85.1 Å². The van der Waals surface area contributed by atoms with E-state index in [4.69, 9.17) is 4.42 Å². The minimum Gasteiger partial charge on any atom is -0.419 e. The Hall–Kier alpha value is -2.51. The lowest BCUT2D eigenvalue weighted by atomic mass is 10.1. The number of nitrogens with one attached hydrogen (secondary N) is 1. The molecule has 3 rings (SSSR count). The molecule has 0 aliphatic carbocycles. The van der Waals surface area contributed by atoms with E-state index in [1.165, 1.54) is 0 Å². The maximum absolute atomic E-state index is 12.2. The molecule has 25 heavy (non-hydrogen) atoms. The number of hydrogen-bond donors (Lipinski definition) is 1. The maximum atomic E-state index is 12.2. The highest BCUT2D eigenvalue weighted by molar-refractivity contribution is 7.88. The third-order valence-electron chi connectivity index (χ3n) is 3.65. The number of rotatable bonds is 6. The van der Waals surface area contributed by atoms with Gasteiger partial charge in [-0.25, -0.2) is 13.1 Å². The molecule has 0 saturated heterocycles. The fraction of sp³-hybridized carbons (Fsp3) is 0.222. The largest absolute Gasteiger partial charge is 0.419 e. The number of sulfonamides is 1.